The van der Waals surface area contributed by atoms with Gasteiger partial charge in [-0.25, -0.2) is 4.98 Å². The molecule has 1 aliphatic rings. The SMILES string of the molecule is CC(C)C(=O)NCCc1nc2ccccc2n1CC(=O)Nc1ccc2c(c1)OCO2. The molecule has 2 amide bonds. The van der Waals surface area contributed by atoms with Gasteiger partial charge in [-0.1, -0.05) is 26.0 Å². The zero-order valence-corrected chi connectivity index (χ0v) is 17.0. The Hall–Kier alpha value is -3.55. The van der Waals surface area contributed by atoms with Crippen molar-refractivity contribution in [3.8, 4) is 11.5 Å². The smallest absolute Gasteiger partial charge is 0.244 e. The molecule has 3 aromatic rings. The van der Waals surface area contributed by atoms with Gasteiger partial charge in [-0.3, -0.25) is 9.59 Å². The van der Waals surface area contributed by atoms with Crippen LogP contribution in [0.5, 0.6) is 11.5 Å². The van der Waals surface area contributed by atoms with Crippen LogP contribution < -0.4 is 20.1 Å². The number of carbonyl (C=O) groups excluding carboxylic acids is 2. The molecule has 8 heteroatoms. The lowest BCUT2D eigenvalue weighted by molar-refractivity contribution is -0.124. The van der Waals surface area contributed by atoms with Crippen molar-refractivity contribution in [1.29, 1.82) is 0 Å². The molecule has 2 heterocycles. The Morgan fingerprint density at radius 3 is 2.77 bits per heavy atom. The van der Waals surface area contributed by atoms with Gasteiger partial charge in [0.15, 0.2) is 11.5 Å². The first-order valence-corrected chi connectivity index (χ1v) is 9.92. The molecule has 1 aromatic heterocycles. The minimum atomic E-state index is -0.176. The fraction of sp³-hybridized carbons (Fsp3) is 0.318. The number of para-hydroxylation sites is 2. The van der Waals surface area contributed by atoms with Crippen LogP contribution in [0.4, 0.5) is 5.69 Å². The Balaban J connectivity index is 1.49. The Bertz CT molecular complexity index is 1090. The predicted octanol–water partition coefficient (Wildman–Crippen LogP) is 2.72. The van der Waals surface area contributed by atoms with E-state index in [2.05, 4.69) is 15.6 Å². The number of ether oxygens (including phenoxy) is 2. The van der Waals surface area contributed by atoms with Gasteiger partial charge in [0.2, 0.25) is 18.6 Å². The van der Waals surface area contributed by atoms with Gasteiger partial charge in [0.25, 0.3) is 0 Å². The van der Waals surface area contributed by atoms with Crippen molar-refractivity contribution in [3.05, 3.63) is 48.3 Å². The van der Waals surface area contributed by atoms with Crippen LogP contribution in [0.15, 0.2) is 42.5 Å². The molecule has 0 fully saturated rings. The molecule has 1 aliphatic heterocycles. The highest BCUT2D eigenvalue weighted by atomic mass is 16.7. The number of anilines is 1. The molecule has 30 heavy (non-hydrogen) atoms. The van der Waals surface area contributed by atoms with Crippen LogP contribution in [0, 0.1) is 5.92 Å². The van der Waals surface area contributed by atoms with E-state index in [1.54, 1.807) is 18.2 Å². The zero-order chi connectivity index (χ0) is 21.1. The quantitative estimate of drug-likeness (QED) is 0.627. The molecular formula is C22H24N4O4. The van der Waals surface area contributed by atoms with E-state index >= 15 is 0 Å². The number of carbonyl (C=O) groups is 2. The lowest BCUT2D eigenvalue weighted by atomic mass is 10.2. The summed E-state index contributed by atoms with van der Waals surface area (Å²) in [6, 6.07) is 13.0. The van der Waals surface area contributed by atoms with Crippen molar-refractivity contribution in [2.45, 2.75) is 26.8 Å². The van der Waals surface area contributed by atoms with Crippen LogP contribution in [0.3, 0.4) is 0 Å². The summed E-state index contributed by atoms with van der Waals surface area (Å²) in [6.45, 7) is 4.47. The van der Waals surface area contributed by atoms with Crippen LogP contribution in [0.25, 0.3) is 11.0 Å². The molecule has 2 N–H and O–H groups in total. The number of fused-ring (bicyclic) bond motifs is 2. The second kappa shape index (κ2) is 8.44. The van der Waals surface area contributed by atoms with Crippen molar-refractivity contribution < 1.29 is 19.1 Å². The molecular weight excluding hydrogens is 384 g/mol. The van der Waals surface area contributed by atoms with E-state index in [1.165, 1.54) is 0 Å². The number of rotatable bonds is 7. The van der Waals surface area contributed by atoms with Gasteiger partial charge in [0, 0.05) is 30.6 Å². The Morgan fingerprint density at radius 1 is 1.13 bits per heavy atom. The first kappa shape index (κ1) is 19.8. The molecule has 0 spiro atoms. The summed E-state index contributed by atoms with van der Waals surface area (Å²) in [4.78, 5) is 29.2. The predicted molar refractivity (Wildman–Crippen MR) is 112 cm³/mol. The fourth-order valence-corrected chi connectivity index (χ4v) is 3.31. The standard InChI is InChI=1S/C22H24N4O4/c1-14(2)22(28)23-10-9-20-25-16-5-3-4-6-17(16)26(20)12-21(27)24-15-7-8-18-19(11-15)30-13-29-18/h3-8,11,14H,9-10,12-13H2,1-2H3,(H,23,28)(H,24,27). The largest absolute Gasteiger partial charge is 0.454 e. The highest BCUT2D eigenvalue weighted by molar-refractivity contribution is 5.92. The van der Waals surface area contributed by atoms with Crippen molar-refractivity contribution in [3.63, 3.8) is 0 Å². The fourth-order valence-electron chi connectivity index (χ4n) is 3.31. The van der Waals surface area contributed by atoms with Gasteiger partial charge >= 0.3 is 0 Å². The van der Waals surface area contributed by atoms with Gasteiger partial charge < -0.3 is 24.7 Å². The first-order valence-electron chi connectivity index (χ1n) is 9.92. The summed E-state index contributed by atoms with van der Waals surface area (Å²) in [6.07, 6.45) is 0.532. The van der Waals surface area contributed by atoms with Gasteiger partial charge in [0.05, 0.1) is 11.0 Å². The molecule has 0 aliphatic carbocycles. The van der Waals surface area contributed by atoms with E-state index in [-0.39, 0.29) is 31.1 Å². The lowest BCUT2D eigenvalue weighted by Gasteiger charge is -2.11. The average molecular weight is 408 g/mol. The zero-order valence-electron chi connectivity index (χ0n) is 17.0. The number of amides is 2. The Morgan fingerprint density at radius 2 is 1.93 bits per heavy atom. The molecule has 0 saturated carbocycles. The molecule has 4 rings (SSSR count). The lowest BCUT2D eigenvalue weighted by Crippen LogP contribution is -2.30. The molecule has 0 radical (unpaired) electrons. The normalized spacial score (nSPS) is 12.4. The molecule has 0 unspecified atom stereocenters. The van der Waals surface area contributed by atoms with Crippen LogP contribution in [-0.2, 0) is 22.6 Å². The third kappa shape index (κ3) is 4.22. The second-order valence-corrected chi connectivity index (χ2v) is 7.41. The minimum absolute atomic E-state index is 0.00166. The summed E-state index contributed by atoms with van der Waals surface area (Å²) < 4.78 is 12.5. The third-order valence-electron chi connectivity index (χ3n) is 4.86. The molecule has 0 bridgehead atoms. The third-order valence-corrected chi connectivity index (χ3v) is 4.86. The molecule has 8 nitrogen and oxygen atoms in total. The number of hydrogen-bond acceptors (Lipinski definition) is 5. The number of nitrogens with one attached hydrogen (secondary N) is 2. The van der Waals surface area contributed by atoms with Crippen LogP contribution in [0.2, 0.25) is 0 Å². The molecule has 0 atom stereocenters. The summed E-state index contributed by atoms with van der Waals surface area (Å²) in [5, 5.41) is 5.80. The van der Waals surface area contributed by atoms with Crippen molar-refractivity contribution in [2.75, 3.05) is 18.7 Å². The topological polar surface area (TPSA) is 94.5 Å². The van der Waals surface area contributed by atoms with Gasteiger partial charge in [-0.15, -0.1) is 0 Å². The summed E-state index contributed by atoms with van der Waals surface area (Å²) in [5.41, 5.74) is 2.33. The minimum Gasteiger partial charge on any atom is -0.454 e. The number of hydrogen-bond donors (Lipinski definition) is 2. The first-order chi connectivity index (χ1) is 14.5. The monoisotopic (exact) mass is 408 g/mol. The van der Waals surface area contributed by atoms with Crippen LogP contribution >= 0.6 is 0 Å². The van der Waals surface area contributed by atoms with Crippen molar-refractivity contribution in [2.24, 2.45) is 5.92 Å². The average Bonchev–Trinajstić information content (AvgIpc) is 3.32. The molecule has 0 saturated heterocycles. The Kier molecular flexibility index (Phi) is 5.56. The summed E-state index contributed by atoms with van der Waals surface area (Å²) >= 11 is 0. The Labute approximate surface area is 174 Å². The van der Waals surface area contributed by atoms with E-state index in [0.717, 1.165) is 16.9 Å². The number of aromatic nitrogens is 2. The molecule has 2 aromatic carbocycles. The van der Waals surface area contributed by atoms with Crippen molar-refractivity contribution in [1.82, 2.24) is 14.9 Å². The maximum atomic E-state index is 12.7. The van der Waals surface area contributed by atoms with E-state index in [0.29, 0.717) is 30.2 Å². The second-order valence-electron chi connectivity index (χ2n) is 7.41. The molecule has 156 valence electrons. The highest BCUT2D eigenvalue weighted by Gasteiger charge is 2.17. The highest BCUT2D eigenvalue weighted by Crippen LogP contribution is 2.34. The number of benzene rings is 2. The number of nitrogens with zero attached hydrogens (tertiary/aromatic N) is 2. The van der Waals surface area contributed by atoms with Crippen molar-refractivity contribution >= 4 is 28.5 Å². The number of imidazole rings is 1. The van der Waals surface area contributed by atoms with Gasteiger partial charge in [-0.2, -0.15) is 0 Å². The van der Waals surface area contributed by atoms with Crippen LogP contribution in [-0.4, -0.2) is 34.7 Å². The summed E-state index contributed by atoms with van der Waals surface area (Å²) in [5.74, 6) is 1.78. The van der Waals surface area contributed by atoms with E-state index in [1.807, 2.05) is 42.7 Å². The van der Waals surface area contributed by atoms with Gasteiger partial charge in [0.1, 0.15) is 12.4 Å². The van der Waals surface area contributed by atoms with E-state index < -0.39 is 0 Å². The maximum Gasteiger partial charge on any atom is 0.244 e. The van der Waals surface area contributed by atoms with Gasteiger partial charge in [-0.05, 0) is 24.3 Å². The summed E-state index contributed by atoms with van der Waals surface area (Å²) in [7, 11) is 0. The van der Waals surface area contributed by atoms with E-state index in [4.69, 9.17) is 9.47 Å². The van der Waals surface area contributed by atoms with Crippen LogP contribution in [0.1, 0.15) is 19.7 Å². The maximum absolute atomic E-state index is 12.7. The van der Waals surface area contributed by atoms with E-state index in [9.17, 15) is 9.59 Å².